The molecule has 1 N–H and O–H groups in total. The van der Waals surface area contributed by atoms with Gasteiger partial charge in [0.05, 0.1) is 0 Å². The van der Waals surface area contributed by atoms with Crippen LogP contribution in [-0.2, 0) is 0 Å². The minimum atomic E-state index is -0.108. The number of halogens is 1. The van der Waals surface area contributed by atoms with Gasteiger partial charge in [-0.3, -0.25) is 0 Å². The molecular weight excluding hydrogens is 261 g/mol. The first-order valence-corrected chi connectivity index (χ1v) is 8.04. The van der Waals surface area contributed by atoms with Crippen LogP contribution in [0.1, 0.15) is 38.2 Å². The van der Waals surface area contributed by atoms with E-state index < -0.39 is 0 Å². The number of benzene rings is 2. The van der Waals surface area contributed by atoms with E-state index in [0.29, 0.717) is 17.8 Å². The first kappa shape index (κ1) is 14.5. The van der Waals surface area contributed by atoms with E-state index in [9.17, 15) is 4.39 Å². The summed E-state index contributed by atoms with van der Waals surface area (Å²) in [6.45, 7) is 6.71. The van der Waals surface area contributed by atoms with Crippen molar-refractivity contribution in [2.45, 2.75) is 32.6 Å². The van der Waals surface area contributed by atoms with Gasteiger partial charge in [0.2, 0.25) is 0 Å². The summed E-state index contributed by atoms with van der Waals surface area (Å²) >= 11 is 0. The van der Waals surface area contributed by atoms with E-state index in [1.807, 2.05) is 24.3 Å². The average Bonchev–Trinajstić information content (AvgIpc) is 2.48. The number of nitrogens with one attached hydrogen (secondary N) is 1. The van der Waals surface area contributed by atoms with E-state index >= 15 is 0 Å². The zero-order valence-corrected chi connectivity index (χ0v) is 12.9. The van der Waals surface area contributed by atoms with E-state index in [-0.39, 0.29) is 5.82 Å². The lowest BCUT2D eigenvalue weighted by atomic mass is 9.76. The number of hydrogen-bond acceptors (Lipinski definition) is 1. The van der Waals surface area contributed by atoms with Gasteiger partial charge in [0.15, 0.2) is 0 Å². The molecule has 0 bridgehead atoms. The lowest BCUT2D eigenvalue weighted by Crippen LogP contribution is -2.36. The molecule has 0 amide bonds. The fourth-order valence-corrected chi connectivity index (χ4v) is 3.79. The number of fused-ring (bicyclic) bond motifs is 1. The Labute approximate surface area is 126 Å². The first-order chi connectivity index (χ1) is 10.2. The average molecular weight is 285 g/mol. The first-order valence-electron chi connectivity index (χ1n) is 8.04. The fraction of sp³-hybridized carbons (Fsp3) is 0.474. The van der Waals surface area contributed by atoms with Crippen LogP contribution in [0.2, 0.25) is 0 Å². The number of hydrogen-bond donors (Lipinski definition) is 1. The maximum atomic E-state index is 14.0. The van der Waals surface area contributed by atoms with Gasteiger partial charge in [-0.1, -0.05) is 44.2 Å². The highest BCUT2D eigenvalue weighted by molar-refractivity contribution is 5.86. The molecule has 2 aromatic rings. The molecule has 2 aromatic carbocycles. The Morgan fingerprint density at radius 2 is 1.90 bits per heavy atom. The quantitative estimate of drug-likeness (QED) is 0.860. The zero-order chi connectivity index (χ0) is 14.8. The molecule has 1 aliphatic rings. The zero-order valence-electron chi connectivity index (χ0n) is 12.9. The molecule has 112 valence electrons. The van der Waals surface area contributed by atoms with E-state index in [1.54, 1.807) is 6.07 Å². The van der Waals surface area contributed by atoms with Crippen LogP contribution in [0.15, 0.2) is 36.4 Å². The lowest BCUT2D eigenvalue weighted by Gasteiger charge is -2.34. The molecule has 1 saturated heterocycles. The highest BCUT2D eigenvalue weighted by Crippen LogP contribution is 2.38. The molecule has 1 nitrogen and oxygen atoms in total. The summed E-state index contributed by atoms with van der Waals surface area (Å²) in [5, 5.41) is 5.38. The van der Waals surface area contributed by atoms with Gasteiger partial charge in [0, 0.05) is 5.39 Å². The Hall–Kier alpha value is -1.41. The van der Waals surface area contributed by atoms with Crippen LogP contribution < -0.4 is 5.32 Å². The van der Waals surface area contributed by atoms with Gasteiger partial charge >= 0.3 is 0 Å². The molecule has 21 heavy (non-hydrogen) atoms. The van der Waals surface area contributed by atoms with Gasteiger partial charge < -0.3 is 5.32 Å². The highest BCUT2D eigenvalue weighted by atomic mass is 19.1. The molecule has 2 heteroatoms. The molecule has 0 aliphatic carbocycles. The van der Waals surface area contributed by atoms with Crippen molar-refractivity contribution in [3.05, 3.63) is 47.8 Å². The van der Waals surface area contributed by atoms with Crippen molar-refractivity contribution < 1.29 is 4.39 Å². The lowest BCUT2D eigenvalue weighted by molar-refractivity contribution is 0.281. The van der Waals surface area contributed by atoms with Crippen LogP contribution in [0.5, 0.6) is 0 Å². The van der Waals surface area contributed by atoms with E-state index in [0.717, 1.165) is 30.3 Å². The van der Waals surface area contributed by atoms with Crippen LogP contribution >= 0.6 is 0 Å². The molecule has 2 atom stereocenters. The van der Waals surface area contributed by atoms with Crippen molar-refractivity contribution in [2.24, 2.45) is 11.8 Å². The molecule has 1 fully saturated rings. The Kier molecular flexibility index (Phi) is 4.25. The fourth-order valence-electron chi connectivity index (χ4n) is 3.79. The normalized spacial score (nSPS) is 22.9. The van der Waals surface area contributed by atoms with Crippen LogP contribution in [0.3, 0.4) is 0 Å². The predicted molar refractivity (Wildman–Crippen MR) is 87.1 cm³/mol. The molecule has 0 radical (unpaired) electrons. The monoisotopic (exact) mass is 285 g/mol. The second kappa shape index (κ2) is 6.15. The Bertz CT molecular complexity index is 620. The molecule has 1 heterocycles. The summed E-state index contributed by atoms with van der Waals surface area (Å²) < 4.78 is 14.0. The predicted octanol–water partition coefficient (Wildman–Crippen LogP) is 4.72. The SMILES string of the molecule is CC(C)CC1CNCCC1c1ccc(F)c2ccccc12. The second-order valence-electron chi connectivity index (χ2n) is 6.67. The molecule has 1 aliphatic heterocycles. The Morgan fingerprint density at radius 1 is 1.14 bits per heavy atom. The van der Waals surface area contributed by atoms with Crippen molar-refractivity contribution >= 4 is 10.8 Å². The Balaban J connectivity index is 2.03. The molecular formula is C19H24FN. The van der Waals surface area contributed by atoms with Gasteiger partial charge in [-0.2, -0.15) is 0 Å². The summed E-state index contributed by atoms with van der Waals surface area (Å²) in [5.74, 6) is 1.78. The van der Waals surface area contributed by atoms with Crippen LogP contribution in [0.4, 0.5) is 4.39 Å². The number of piperidine rings is 1. The van der Waals surface area contributed by atoms with Crippen molar-refractivity contribution in [1.82, 2.24) is 5.32 Å². The summed E-state index contributed by atoms with van der Waals surface area (Å²) in [6.07, 6.45) is 2.37. The maximum absolute atomic E-state index is 14.0. The number of rotatable bonds is 3. The smallest absolute Gasteiger partial charge is 0.131 e. The topological polar surface area (TPSA) is 12.0 Å². The standard InChI is InChI=1S/C19H24FN/c1-13(2)11-14-12-21-10-9-15(14)17-7-8-19(20)18-6-4-3-5-16(17)18/h3-8,13-15,21H,9-12H2,1-2H3. The van der Waals surface area contributed by atoms with Crippen molar-refractivity contribution in [1.29, 1.82) is 0 Å². The maximum Gasteiger partial charge on any atom is 0.131 e. The minimum Gasteiger partial charge on any atom is -0.316 e. The third-order valence-electron chi connectivity index (χ3n) is 4.69. The van der Waals surface area contributed by atoms with Crippen molar-refractivity contribution in [3.8, 4) is 0 Å². The van der Waals surface area contributed by atoms with Gasteiger partial charge in [-0.25, -0.2) is 4.39 Å². The summed E-state index contributed by atoms with van der Waals surface area (Å²) in [4.78, 5) is 0. The van der Waals surface area contributed by atoms with Crippen molar-refractivity contribution in [3.63, 3.8) is 0 Å². The molecule has 3 rings (SSSR count). The van der Waals surface area contributed by atoms with E-state index in [1.165, 1.54) is 12.0 Å². The van der Waals surface area contributed by atoms with E-state index in [2.05, 4.69) is 25.2 Å². The van der Waals surface area contributed by atoms with Gasteiger partial charge in [0.1, 0.15) is 5.82 Å². The molecule has 0 spiro atoms. The highest BCUT2D eigenvalue weighted by Gasteiger charge is 2.28. The molecule has 0 saturated carbocycles. The van der Waals surface area contributed by atoms with Gasteiger partial charge in [-0.15, -0.1) is 0 Å². The largest absolute Gasteiger partial charge is 0.316 e. The van der Waals surface area contributed by atoms with Crippen LogP contribution in [0, 0.1) is 17.7 Å². The summed E-state index contributed by atoms with van der Waals surface area (Å²) in [6, 6.07) is 11.6. The van der Waals surface area contributed by atoms with Gasteiger partial charge in [-0.05, 0) is 60.7 Å². The minimum absolute atomic E-state index is 0.108. The summed E-state index contributed by atoms with van der Waals surface area (Å²) in [5.41, 5.74) is 1.33. The molecule has 2 unspecified atom stereocenters. The van der Waals surface area contributed by atoms with Crippen molar-refractivity contribution in [2.75, 3.05) is 13.1 Å². The van der Waals surface area contributed by atoms with Crippen LogP contribution in [0.25, 0.3) is 10.8 Å². The van der Waals surface area contributed by atoms with E-state index in [4.69, 9.17) is 0 Å². The Morgan fingerprint density at radius 3 is 2.67 bits per heavy atom. The molecule has 0 aromatic heterocycles. The second-order valence-corrected chi connectivity index (χ2v) is 6.67. The van der Waals surface area contributed by atoms with Crippen LogP contribution in [-0.4, -0.2) is 13.1 Å². The third kappa shape index (κ3) is 2.96. The third-order valence-corrected chi connectivity index (χ3v) is 4.69. The van der Waals surface area contributed by atoms with Gasteiger partial charge in [0.25, 0.3) is 0 Å². The summed E-state index contributed by atoms with van der Waals surface area (Å²) in [7, 11) is 0.